The number of likely N-dealkylation sites (N-methyl/N-ethyl adjacent to an activating group) is 1. The van der Waals surface area contributed by atoms with Gasteiger partial charge < -0.3 is 14.6 Å². The summed E-state index contributed by atoms with van der Waals surface area (Å²) < 4.78 is 39.0. The van der Waals surface area contributed by atoms with Gasteiger partial charge in [-0.15, -0.1) is 0 Å². The van der Waals surface area contributed by atoms with Gasteiger partial charge in [0.2, 0.25) is 12.3 Å². The van der Waals surface area contributed by atoms with Gasteiger partial charge in [-0.3, -0.25) is 23.5 Å². The Morgan fingerprint density at radius 2 is 1.91 bits per heavy atom. The number of nitrogens with zero attached hydrogens (tertiary/aromatic N) is 1. The summed E-state index contributed by atoms with van der Waals surface area (Å²) in [4.78, 5) is 24.1. The summed E-state index contributed by atoms with van der Waals surface area (Å²) >= 11 is 0. The lowest BCUT2D eigenvalue weighted by Gasteiger charge is -2.33. The van der Waals surface area contributed by atoms with Gasteiger partial charge in [-0.25, -0.2) is 4.39 Å². The Labute approximate surface area is 208 Å². The summed E-state index contributed by atoms with van der Waals surface area (Å²) in [6.07, 6.45) is 3.79. The smallest absolute Gasteiger partial charge is 0.397 e. The van der Waals surface area contributed by atoms with E-state index in [-0.39, 0.29) is 41.9 Å². The number of ether oxygens (including phenoxy) is 1. The highest BCUT2D eigenvalue weighted by Crippen LogP contribution is 2.52. The number of carbonyl (C=O) groups is 2. The molecule has 1 saturated heterocycles. The first-order valence-electron chi connectivity index (χ1n) is 11.7. The van der Waals surface area contributed by atoms with Crippen LogP contribution in [0.3, 0.4) is 0 Å². The van der Waals surface area contributed by atoms with Crippen molar-refractivity contribution in [2.75, 3.05) is 13.7 Å². The summed E-state index contributed by atoms with van der Waals surface area (Å²) in [6.45, 7) is 12.4. The summed E-state index contributed by atoms with van der Waals surface area (Å²) in [5, 5.41) is 2.46. The lowest BCUT2D eigenvalue weighted by atomic mass is 9.78. The molecule has 1 N–H and O–H groups in total. The molecule has 1 aromatic rings. The van der Waals surface area contributed by atoms with Crippen molar-refractivity contribution in [3.63, 3.8) is 0 Å². The summed E-state index contributed by atoms with van der Waals surface area (Å²) in [5.74, 6) is -0.113. The lowest BCUT2D eigenvalue weighted by Crippen LogP contribution is -2.31. The minimum Gasteiger partial charge on any atom is -0.426 e. The van der Waals surface area contributed by atoms with Crippen molar-refractivity contribution in [1.29, 1.82) is 0 Å². The van der Waals surface area contributed by atoms with Crippen molar-refractivity contribution in [2.45, 2.75) is 84.2 Å². The van der Waals surface area contributed by atoms with E-state index in [4.69, 9.17) is 18.3 Å². The second-order valence-corrected chi connectivity index (χ2v) is 11.9. The average Bonchev–Trinajstić information content (AvgIpc) is 3.25. The maximum absolute atomic E-state index is 15.4. The zero-order chi connectivity index (χ0) is 26.0. The first-order chi connectivity index (χ1) is 16.3. The highest BCUT2D eigenvalue weighted by molar-refractivity contribution is 7.42. The van der Waals surface area contributed by atoms with E-state index in [0.29, 0.717) is 36.1 Å². The third-order valence-corrected chi connectivity index (χ3v) is 6.99. The van der Waals surface area contributed by atoms with Gasteiger partial charge in [-0.1, -0.05) is 41.5 Å². The number of nitrogens with one attached hydrogen (secondary N) is 1. The van der Waals surface area contributed by atoms with Gasteiger partial charge in [0.25, 0.3) is 0 Å². The normalized spacial score (nSPS) is 22.6. The fourth-order valence-electron chi connectivity index (χ4n) is 3.92. The van der Waals surface area contributed by atoms with Gasteiger partial charge in [0.15, 0.2) is 0 Å². The van der Waals surface area contributed by atoms with Crippen LogP contribution in [0, 0.1) is 5.82 Å². The zero-order valence-electron chi connectivity index (χ0n) is 21.5. The number of hydrogen-bond donors (Lipinski definition) is 1. The second-order valence-electron chi connectivity index (χ2n) is 10.8. The van der Waals surface area contributed by atoms with Crippen LogP contribution in [0.15, 0.2) is 18.3 Å². The fourth-order valence-corrected chi connectivity index (χ4v) is 4.98. The Balaban J connectivity index is 1.67. The van der Waals surface area contributed by atoms with Crippen LogP contribution in [-0.4, -0.2) is 43.2 Å². The molecule has 8 nitrogen and oxygen atoms in total. The number of halogens is 1. The van der Waals surface area contributed by atoms with Crippen LogP contribution >= 0.6 is 8.60 Å². The molecule has 0 saturated carbocycles. The van der Waals surface area contributed by atoms with E-state index in [2.05, 4.69) is 26.1 Å². The van der Waals surface area contributed by atoms with Crippen molar-refractivity contribution >= 4 is 20.9 Å². The standard InChI is InChI=1S/C25H36FN2O6P/c1-24(2,3)18-12-19(25(4,5)6)23-17(22(18)26)14-32-35(34-23)31-13-16-8-9-21(33-16)28(15-29)11-10-20(30)27-7/h10-12,15-16,21H,8-9,13-14H2,1-7H3,(H,27,30)/b11-10-. The first kappa shape index (κ1) is 27.5. The van der Waals surface area contributed by atoms with E-state index in [0.717, 1.165) is 5.56 Å². The predicted molar refractivity (Wildman–Crippen MR) is 131 cm³/mol. The van der Waals surface area contributed by atoms with Gasteiger partial charge >= 0.3 is 8.60 Å². The lowest BCUT2D eigenvalue weighted by molar-refractivity contribution is -0.127. The maximum atomic E-state index is 15.4. The number of amides is 2. The van der Waals surface area contributed by atoms with Gasteiger partial charge in [0, 0.05) is 24.9 Å². The molecule has 1 aromatic carbocycles. The summed E-state index contributed by atoms with van der Waals surface area (Å²) in [5.41, 5.74) is 1.35. The minimum atomic E-state index is -1.74. The van der Waals surface area contributed by atoms with Gasteiger partial charge in [0.05, 0.1) is 24.9 Å². The molecule has 0 aliphatic carbocycles. The van der Waals surface area contributed by atoms with Crippen molar-refractivity contribution in [3.05, 3.63) is 40.8 Å². The van der Waals surface area contributed by atoms with Crippen LogP contribution in [0.2, 0.25) is 0 Å². The molecule has 0 spiro atoms. The molecule has 2 amide bonds. The Morgan fingerprint density at radius 1 is 1.23 bits per heavy atom. The predicted octanol–water partition coefficient (Wildman–Crippen LogP) is 4.80. The molecular weight excluding hydrogens is 474 g/mol. The Kier molecular flexibility index (Phi) is 8.58. The highest BCUT2D eigenvalue weighted by atomic mass is 31.2. The number of benzene rings is 1. The minimum absolute atomic E-state index is 0.0667. The molecule has 10 heteroatoms. The topological polar surface area (TPSA) is 86.3 Å². The van der Waals surface area contributed by atoms with E-state index >= 15 is 4.39 Å². The van der Waals surface area contributed by atoms with Gasteiger partial charge in [-0.2, -0.15) is 0 Å². The molecule has 2 aliphatic heterocycles. The van der Waals surface area contributed by atoms with Crippen LogP contribution in [0.5, 0.6) is 5.75 Å². The van der Waals surface area contributed by atoms with Crippen LogP contribution in [0.4, 0.5) is 4.39 Å². The molecule has 3 rings (SSSR count). The van der Waals surface area contributed by atoms with E-state index in [1.165, 1.54) is 24.2 Å². The molecular formula is C25H36FN2O6P. The largest absolute Gasteiger partial charge is 0.426 e. The average molecular weight is 511 g/mol. The van der Waals surface area contributed by atoms with Crippen LogP contribution < -0.4 is 9.84 Å². The Hall–Kier alpha value is -2.06. The zero-order valence-corrected chi connectivity index (χ0v) is 22.4. The molecule has 2 aliphatic rings. The number of rotatable bonds is 7. The van der Waals surface area contributed by atoms with Crippen molar-refractivity contribution in [3.8, 4) is 5.75 Å². The molecule has 0 bridgehead atoms. The number of carbonyl (C=O) groups excluding carboxylic acids is 2. The van der Waals surface area contributed by atoms with Crippen molar-refractivity contribution in [2.24, 2.45) is 0 Å². The van der Waals surface area contributed by atoms with Crippen molar-refractivity contribution < 1.29 is 32.3 Å². The van der Waals surface area contributed by atoms with Crippen LogP contribution in [0.25, 0.3) is 0 Å². The van der Waals surface area contributed by atoms with Gasteiger partial charge in [-0.05, 0) is 35.3 Å². The van der Waals surface area contributed by atoms with E-state index in [9.17, 15) is 9.59 Å². The molecule has 3 unspecified atom stereocenters. The molecule has 1 fully saturated rings. The molecule has 0 aromatic heterocycles. The molecule has 2 heterocycles. The summed E-state index contributed by atoms with van der Waals surface area (Å²) in [6, 6.07) is 1.90. The second kappa shape index (κ2) is 10.9. The fraction of sp³-hybridized carbons (Fsp3) is 0.600. The Morgan fingerprint density at radius 3 is 2.51 bits per heavy atom. The third kappa shape index (κ3) is 6.58. The maximum Gasteiger partial charge on any atom is 0.397 e. The number of hydrogen-bond acceptors (Lipinski definition) is 6. The van der Waals surface area contributed by atoms with E-state index < -0.39 is 14.8 Å². The quantitative estimate of drug-likeness (QED) is 0.322. The van der Waals surface area contributed by atoms with Crippen LogP contribution in [0.1, 0.15) is 71.1 Å². The first-order valence-corrected chi connectivity index (χ1v) is 12.8. The van der Waals surface area contributed by atoms with E-state index in [1.54, 1.807) is 0 Å². The molecule has 194 valence electrons. The van der Waals surface area contributed by atoms with Crippen molar-refractivity contribution in [1.82, 2.24) is 10.2 Å². The van der Waals surface area contributed by atoms with Crippen LogP contribution in [-0.2, 0) is 40.8 Å². The third-order valence-electron chi connectivity index (χ3n) is 5.95. The Bertz CT molecular complexity index is 972. The monoisotopic (exact) mass is 510 g/mol. The van der Waals surface area contributed by atoms with E-state index in [1.807, 2.05) is 26.8 Å². The highest BCUT2D eigenvalue weighted by Gasteiger charge is 2.36. The number of fused-ring (bicyclic) bond motifs is 1. The SMILES string of the molecule is CNC(=O)/C=C\N(C=O)C1CCC(COP2OCc3c(F)c(C(C)(C)C)cc(C(C)(C)C)c3O2)O1. The molecule has 35 heavy (non-hydrogen) atoms. The molecule has 0 radical (unpaired) electrons. The molecule has 3 atom stereocenters. The van der Waals surface area contributed by atoms with Gasteiger partial charge in [0.1, 0.15) is 17.8 Å². The summed E-state index contributed by atoms with van der Waals surface area (Å²) in [7, 11) is -0.226.